The molecule has 26 heavy (non-hydrogen) atoms. The van der Waals surface area contributed by atoms with Gasteiger partial charge in [0.1, 0.15) is 17.0 Å². The first kappa shape index (κ1) is 16.5. The van der Waals surface area contributed by atoms with Crippen molar-refractivity contribution in [3.05, 3.63) is 35.8 Å². The monoisotopic (exact) mass is 353 g/mol. The molecule has 134 valence electrons. The smallest absolute Gasteiger partial charge is 0.258 e. The second-order valence-electron chi connectivity index (χ2n) is 7.01. The van der Waals surface area contributed by atoms with Gasteiger partial charge in [0.15, 0.2) is 0 Å². The Kier molecular flexibility index (Phi) is 3.66. The summed E-state index contributed by atoms with van der Waals surface area (Å²) in [6, 6.07) is 7.48. The van der Waals surface area contributed by atoms with Crippen LogP contribution in [0.5, 0.6) is 0 Å². The van der Waals surface area contributed by atoms with E-state index in [9.17, 15) is 5.11 Å². The highest BCUT2D eigenvalue weighted by Gasteiger charge is 2.19. The quantitative estimate of drug-likeness (QED) is 0.601. The first-order valence-corrected chi connectivity index (χ1v) is 8.27. The third-order valence-electron chi connectivity index (χ3n) is 4.01. The van der Waals surface area contributed by atoms with Crippen LogP contribution in [0.25, 0.3) is 33.9 Å². The Hall–Kier alpha value is -3.00. The van der Waals surface area contributed by atoms with Gasteiger partial charge in [-0.2, -0.15) is 4.98 Å². The zero-order valence-corrected chi connectivity index (χ0v) is 15.0. The lowest BCUT2D eigenvalue weighted by atomic mass is 10.1. The lowest BCUT2D eigenvalue weighted by Gasteiger charge is -2.16. The minimum absolute atomic E-state index is 0.354. The van der Waals surface area contributed by atoms with Gasteiger partial charge in [-0.25, -0.2) is 4.68 Å². The van der Waals surface area contributed by atoms with Crippen LogP contribution in [0.4, 0.5) is 0 Å². The highest BCUT2D eigenvalue weighted by molar-refractivity contribution is 5.79. The van der Waals surface area contributed by atoms with Gasteiger partial charge in [-0.15, -0.1) is 5.10 Å². The van der Waals surface area contributed by atoms with Crippen LogP contribution in [-0.2, 0) is 6.54 Å². The van der Waals surface area contributed by atoms with Crippen LogP contribution in [0.2, 0.25) is 0 Å². The number of hydrogen-bond donors (Lipinski definition) is 1. The number of fused-ring (bicyclic) bond motifs is 1. The maximum atomic E-state index is 9.99. The van der Waals surface area contributed by atoms with Crippen molar-refractivity contribution in [2.45, 2.75) is 39.8 Å². The van der Waals surface area contributed by atoms with Gasteiger partial charge in [0.25, 0.3) is 5.89 Å². The van der Waals surface area contributed by atoms with Crippen LogP contribution < -0.4 is 0 Å². The van der Waals surface area contributed by atoms with E-state index in [0.717, 1.165) is 28.2 Å². The summed E-state index contributed by atoms with van der Waals surface area (Å²) in [6.45, 7) is 7.56. The molecule has 0 aliphatic heterocycles. The molecule has 0 bridgehead atoms. The van der Waals surface area contributed by atoms with E-state index in [4.69, 9.17) is 8.94 Å². The van der Waals surface area contributed by atoms with E-state index in [0.29, 0.717) is 23.8 Å². The van der Waals surface area contributed by atoms with Gasteiger partial charge in [0, 0.05) is 5.56 Å². The second-order valence-corrected chi connectivity index (χ2v) is 7.01. The first-order valence-electron chi connectivity index (χ1n) is 8.27. The van der Waals surface area contributed by atoms with Crippen molar-refractivity contribution >= 4 is 11.0 Å². The van der Waals surface area contributed by atoms with E-state index in [-0.39, 0.29) is 0 Å². The van der Waals surface area contributed by atoms with Crippen LogP contribution in [0, 0.1) is 13.8 Å². The third-order valence-corrected chi connectivity index (χ3v) is 4.01. The normalized spacial score (nSPS) is 12.2. The summed E-state index contributed by atoms with van der Waals surface area (Å²) in [6.07, 6.45) is 0. The van der Waals surface area contributed by atoms with Gasteiger partial charge in [0.05, 0.1) is 23.2 Å². The zero-order valence-electron chi connectivity index (χ0n) is 15.0. The molecule has 0 amide bonds. The largest absolute Gasteiger partial charge is 0.466 e. The van der Waals surface area contributed by atoms with Crippen molar-refractivity contribution in [3.8, 4) is 22.8 Å². The molecule has 0 radical (unpaired) electrons. The molecule has 3 heterocycles. The Labute approximate surface area is 149 Å². The van der Waals surface area contributed by atoms with Crippen molar-refractivity contribution in [3.63, 3.8) is 0 Å². The molecule has 8 heteroatoms. The molecule has 4 aromatic rings. The summed E-state index contributed by atoms with van der Waals surface area (Å²) in [5.41, 5.74) is 2.22. The summed E-state index contributed by atoms with van der Waals surface area (Å²) < 4.78 is 12.6. The topological polar surface area (TPSA) is 103 Å². The minimum Gasteiger partial charge on any atom is -0.466 e. The Morgan fingerprint density at radius 1 is 1.19 bits per heavy atom. The summed E-state index contributed by atoms with van der Waals surface area (Å²) >= 11 is 0. The second kappa shape index (κ2) is 5.77. The number of aromatic nitrogens is 5. The van der Waals surface area contributed by atoms with Gasteiger partial charge < -0.3 is 14.0 Å². The minimum atomic E-state index is -0.874. The van der Waals surface area contributed by atoms with Crippen LogP contribution in [0.15, 0.2) is 33.2 Å². The van der Waals surface area contributed by atoms with Crippen molar-refractivity contribution in [2.75, 3.05) is 0 Å². The number of benzene rings is 1. The molecule has 3 aromatic heterocycles. The van der Waals surface area contributed by atoms with Crippen molar-refractivity contribution in [1.82, 2.24) is 25.1 Å². The number of hydrogen-bond acceptors (Lipinski definition) is 7. The summed E-state index contributed by atoms with van der Waals surface area (Å²) in [5, 5.41) is 22.3. The van der Waals surface area contributed by atoms with Crippen LogP contribution in [0.1, 0.15) is 25.4 Å². The lowest BCUT2D eigenvalue weighted by molar-refractivity contribution is 0.0585. The fraction of sp³-hybridized carbons (Fsp3) is 0.333. The average Bonchev–Trinajstić information content (AvgIpc) is 3.25. The average molecular weight is 353 g/mol. The van der Waals surface area contributed by atoms with Gasteiger partial charge in [-0.1, -0.05) is 10.4 Å². The van der Waals surface area contributed by atoms with Crippen LogP contribution >= 0.6 is 0 Å². The van der Waals surface area contributed by atoms with E-state index >= 15 is 0 Å². The maximum Gasteiger partial charge on any atom is 0.258 e. The first-order chi connectivity index (χ1) is 12.3. The molecule has 0 saturated carbocycles. The Morgan fingerprint density at radius 3 is 2.69 bits per heavy atom. The van der Waals surface area contributed by atoms with Crippen molar-refractivity contribution in [2.24, 2.45) is 0 Å². The molecule has 0 atom stereocenters. The molecule has 1 N–H and O–H groups in total. The summed E-state index contributed by atoms with van der Waals surface area (Å²) in [4.78, 5) is 4.47. The van der Waals surface area contributed by atoms with Gasteiger partial charge in [-0.3, -0.25) is 0 Å². The lowest BCUT2D eigenvalue weighted by Crippen LogP contribution is -2.26. The van der Waals surface area contributed by atoms with E-state index in [2.05, 4.69) is 20.5 Å². The molecule has 0 saturated heterocycles. The standard InChI is InChI=1S/C18H19N5O3/c1-10-7-13(11(2)25-10)16-19-17(26-21-16)12-5-6-15-14(8-12)20-22-23(15)9-18(3,4)24/h5-8,24H,9H2,1-4H3. The number of nitrogens with zero attached hydrogens (tertiary/aromatic N) is 5. The molecular formula is C18H19N5O3. The Bertz CT molecular complexity index is 1080. The highest BCUT2D eigenvalue weighted by Crippen LogP contribution is 2.28. The molecular weight excluding hydrogens is 334 g/mol. The number of aryl methyl sites for hydroxylation is 2. The predicted octanol–water partition coefficient (Wildman–Crippen LogP) is 3.13. The summed E-state index contributed by atoms with van der Waals surface area (Å²) in [7, 11) is 0. The summed E-state index contributed by atoms with van der Waals surface area (Å²) in [5.74, 6) is 2.44. The third kappa shape index (κ3) is 2.99. The Balaban J connectivity index is 1.68. The van der Waals surface area contributed by atoms with Crippen LogP contribution in [0.3, 0.4) is 0 Å². The SMILES string of the molecule is Cc1cc(-c2noc(-c3ccc4c(c3)nnn4CC(C)(C)O)n2)c(C)o1. The Morgan fingerprint density at radius 2 is 2.00 bits per heavy atom. The van der Waals surface area contributed by atoms with Crippen LogP contribution in [-0.4, -0.2) is 35.8 Å². The molecule has 4 rings (SSSR count). The fourth-order valence-corrected chi connectivity index (χ4v) is 2.89. The van der Waals surface area contributed by atoms with Gasteiger partial charge >= 0.3 is 0 Å². The molecule has 0 aliphatic rings. The van der Waals surface area contributed by atoms with Crippen molar-refractivity contribution in [1.29, 1.82) is 0 Å². The molecule has 0 aliphatic carbocycles. The molecule has 1 aromatic carbocycles. The maximum absolute atomic E-state index is 9.99. The molecule has 0 spiro atoms. The fourth-order valence-electron chi connectivity index (χ4n) is 2.89. The highest BCUT2D eigenvalue weighted by atomic mass is 16.5. The molecule has 0 unspecified atom stereocenters. The van der Waals surface area contributed by atoms with Gasteiger partial charge in [0.2, 0.25) is 5.82 Å². The van der Waals surface area contributed by atoms with E-state index in [1.807, 2.05) is 38.1 Å². The van der Waals surface area contributed by atoms with Crippen molar-refractivity contribution < 1.29 is 14.0 Å². The van der Waals surface area contributed by atoms with Gasteiger partial charge in [-0.05, 0) is 52.0 Å². The predicted molar refractivity (Wildman–Crippen MR) is 94.3 cm³/mol. The zero-order chi connectivity index (χ0) is 18.5. The number of rotatable bonds is 4. The number of aliphatic hydroxyl groups is 1. The molecule has 0 fully saturated rings. The molecule has 8 nitrogen and oxygen atoms in total. The van der Waals surface area contributed by atoms with E-state index in [1.54, 1.807) is 18.5 Å². The van der Waals surface area contributed by atoms with E-state index in [1.165, 1.54) is 0 Å². The van der Waals surface area contributed by atoms with E-state index < -0.39 is 5.60 Å². The number of furan rings is 1.